The van der Waals surface area contributed by atoms with Crippen LogP contribution in [0.4, 0.5) is 0 Å². The molecule has 0 spiro atoms. The van der Waals surface area contributed by atoms with Crippen molar-refractivity contribution in [2.75, 3.05) is 20.3 Å². The van der Waals surface area contributed by atoms with E-state index in [2.05, 4.69) is 10.3 Å². The fourth-order valence-electron chi connectivity index (χ4n) is 3.53. The van der Waals surface area contributed by atoms with Gasteiger partial charge < -0.3 is 19.5 Å². The molecule has 4 rings (SSSR count). The van der Waals surface area contributed by atoms with E-state index in [-0.39, 0.29) is 24.1 Å². The number of amides is 1. The quantitative estimate of drug-likeness (QED) is 0.598. The minimum Gasteiger partial charge on any atom is -0.493 e. The van der Waals surface area contributed by atoms with Crippen molar-refractivity contribution in [3.63, 3.8) is 0 Å². The van der Waals surface area contributed by atoms with Gasteiger partial charge in [0.05, 0.1) is 30.4 Å². The van der Waals surface area contributed by atoms with Crippen LogP contribution in [0.2, 0.25) is 0 Å². The molecule has 1 aromatic heterocycles. The summed E-state index contributed by atoms with van der Waals surface area (Å²) in [5.41, 5.74) is 1.23. The van der Waals surface area contributed by atoms with Gasteiger partial charge in [-0.05, 0) is 42.7 Å². The largest absolute Gasteiger partial charge is 0.493 e. The van der Waals surface area contributed by atoms with Gasteiger partial charge in [-0.25, -0.2) is 4.98 Å². The summed E-state index contributed by atoms with van der Waals surface area (Å²) in [4.78, 5) is 29.1. The molecular formula is C23H25N3O5. The molecule has 1 aliphatic heterocycles. The van der Waals surface area contributed by atoms with Crippen LogP contribution in [0.15, 0.2) is 53.6 Å². The normalized spacial score (nSPS) is 15.7. The van der Waals surface area contributed by atoms with Crippen LogP contribution in [-0.4, -0.2) is 41.9 Å². The number of hydrogen-bond acceptors (Lipinski definition) is 6. The molecule has 1 atom stereocenters. The second kappa shape index (κ2) is 9.61. The summed E-state index contributed by atoms with van der Waals surface area (Å²) in [6.07, 6.45) is 3.58. The van der Waals surface area contributed by atoms with Crippen molar-refractivity contribution in [2.24, 2.45) is 0 Å². The van der Waals surface area contributed by atoms with Crippen molar-refractivity contribution in [1.82, 2.24) is 14.9 Å². The van der Waals surface area contributed by atoms with Crippen LogP contribution in [0.5, 0.6) is 11.5 Å². The first-order chi connectivity index (χ1) is 15.1. The zero-order valence-electron chi connectivity index (χ0n) is 17.4. The number of hydrogen-bond donors (Lipinski definition) is 1. The van der Waals surface area contributed by atoms with Gasteiger partial charge in [-0.3, -0.25) is 14.2 Å². The Morgan fingerprint density at radius 2 is 2.13 bits per heavy atom. The van der Waals surface area contributed by atoms with Gasteiger partial charge in [-0.15, -0.1) is 0 Å². The maximum absolute atomic E-state index is 12.5. The molecule has 0 radical (unpaired) electrons. The lowest BCUT2D eigenvalue weighted by molar-refractivity contribution is -0.121. The molecule has 8 nitrogen and oxygen atoms in total. The molecule has 3 aromatic rings. The third-order valence-electron chi connectivity index (χ3n) is 5.21. The number of ether oxygens (including phenoxy) is 3. The molecule has 0 aliphatic carbocycles. The third-order valence-corrected chi connectivity index (χ3v) is 5.21. The van der Waals surface area contributed by atoms with Crippen molar-refractivity contribution in [2.45, 2.75) is 32.0 Å². The summed E-state index contributed by atoms with van der Waals surface area (Å²) in [5.74, 6) is 0.957. The third kappa shape index (κ3) is 5.03. The fraction of sp³-hybridized carbons (Fsp3) is 0.348. The number of benzene rings is 2. The maximum Gasteiger partial charge on any atom is 0.261 e. The Morgan fingerprint density at radius 1 is 1.26 bits per heavy atom. The van der Waals surface area contributed by atoms with Crippen LogP contribution >= 0.6 is 0 Å². The minimum atomic E-state index is -0.281. The predicted molar refractivity (Wildman–Crippen MR) is 115 cm³/mol. The number of carbonyl (C=O) groups is 1. The number of carbonyl (C=O) groups excluding carboxylic acids is 1. The van der Waals surface area contributed by atoms with Crippen LogP contribution in [-0.2, 0) is 22.6 Å². The first-order valence-electron chi connectivity index (χ1n) is 10.3. The summed E-state index contributed by atoms with van der Waals surface area (Å²) >= 11 is 0. The molecule has 8 heteroatoms. The van der Waals surface area contributed by atoms with Gasteiger partial charge >= 0.3 is 0 Å². The molecule has 1 amide bonds. The molecule has 2 heterocycles. The lowest BCUT2D eigenvalue weighted by atomic mass is 10.2. The highest BCUT2D eigenvalue weighted by molar-refractivity contribution is 5.78. The molecule has 2 aromatic carbocycles. The van der Waals surface area contributed by atoms with Gasteiger partial charge in [0, 0.05) is 13.2 Å². The van der Waals surface area contributed by atoms with E-state index in [1.54, 1.807) is 25.3 Å². The zero-order valence-corrected chi connectivity index (χ0v) is 17.4. The second-order valence-corrected chi connectivity index (χ2v) is 7.40. The number of nitrogens with one attached hydrogen (secondary N) is 1. The molecule has 1 unspecified atom stereocenters. The Kier molecular flexibility index (Phi) is 6.47. The molecule has 1 aliphatic rings. The number of fused-ring (bicyclic) bond motifs is 1. The van der Waals surface area contributed by atoms with E-state index < -0.39 is 0 Å². The van der Waals surface area contributed by atoms with Crippen molar-refractivity contribution >= 4 is 16.8 Å². The maximum atomic E-state index is 12.5. The summed E-state index contributed by atoms with van der Waals surface area (Å²) < 4.78 is 18.1. The molecule has 0 saturated carbocycles. The summed E-state index contributed by atoms with van der Waals surface area (Å²) in [6, 6.07) is 12.6. The Labute approximate surface area is 179 Å². The number of aromatic nitrogens is 2. The van der Waals surface area contributed by atoms with Gasteiger partial charge in [0.25, 0.3) is 5.56 Å². The molecule has 0 bridgehead atoms. The van der Waals surface area contributed by atoms with Gasteiger partial charge in [-0.2, -0.15) is 0 Å². The smallest absolute Gasteiger partial charge is 0.261 e. The van der Waals surface area contributed by atoms with Crippen molar-refractivity contribution in [1.29, 1.82) is 0 Å². The minimum absolute atomic E-state index is 0.101. The number of rotatable bonds is 8. The molecule has 31 heavy (non-hydrogen) atoms. The standard InChI is InChI=1S/C23H25N3O5/c1-29-21-11-16(8-9-20(21)31-14-17-5-4-10-30-17)12-24-22(27)13-26-15-25-19-7-3-2-6-18(19)23(26)28/h2-3,6-9,11,15,17H,4-5,10,12-14H2,1H3,(H,24,27). The average molecular weight is 423 g/mol. The van der Waals surface area contributed by atoms with Crippen LogP contribution < -0.4 is 20.3 Å². The van der Waals surface area contributed by atoms with Gasteiger partial charge in [0.1, 0.15) is 13.2 Å². The molecule has 1 fully saturated rings. The fourth-order valence-corrected chi connectivity index (χ4v) is 3.53. The van der Waals surface area contributed by atoms with Crippen LogP contribution in [0, 0.1) is 0 Å². The van der Waals surface area contributed by atoms with Gasteiger partial charge in [0.15, 0.2) is 11.5 Å². The lowest BCUT2D eigenvalue weighted by Crippen LogP contribution is -2.32. The van der Waals surface area contributed by atoms with Crippen LogP contribution in [0.25, 0.3) is 10.9 Å². The topological polar surface area (TPSA) is 91.7 Å². The summed E-state index contributed by atoms with van der Waals surface area (Å²) in [7, 11) is 1.58. The van der Waals surface area contributed by atoms with E-state index >= 15 is 0 Å². The van der Waals surface area contributed by atoms with E-state index in [1.807, 2.05) is 24.3 Å². The number of methoxy groups -OCH3 is 1. The predicted octanol–water partition coefficient (Wildman–Crippen LogP) is 2.28. The van der Waals surface area contributed by atoms with Gasteiger partial charge in [0.2, 0.25) is 5.91 Å². The van der Waals surface area contributed by atoms with E-state index in [0.29, 0.717) is 35.6 Å². The number of para-hydroxylation sites is 1. The van der Waals surface area contributed by atoms with Crippen molar-refractivity contribution in [3.8, 4) is 11.5 Å². The zero-order chi connectivity index (χ0) is 21.6. The SMILES string of the molecule is COc1cc(CNC(=O)Cn2cnc3ccccc3c2=O)ccc1OCC1CCCO1. The van der Waals surface area contributed by atoms with Crippen molar-refractivity contribution < 1.29 is 19.0 Å². The second-order valence-electron chi connectivity index (χ2n) is 7.40. The summed E-state index contributed by atoms with van der Waals surface area (Å²) in [5, 5.41) is 3.31. The molecular weight excluding hydrogens is 398 g/mol. The highest BCUT2D eigenvalue weighted by Crippen LogP contribution is 2.29. The first-order valence-corrected chi connectivity index (χ1v) is 10.3. The van der Waals surface area contributed by atoms with Crippen molar-refractivity contribution in [3.05, 3.63) is 64.7 Å². The molecule has 162 valence electrons. The Hall–Kier alpha value is -3.39. The molecule has 1 N–H and O–H groups in total. The lowest BCUT2D eigenvalue weighted by Gasteiger charge is -2.15. The Balaban J connectivity index is 1.35. The number of nitrogens with zero attached hydrogens (tertiary/aromatic N) is 2. The van der Waals surface area contributed by atoms with E-state index in [0.717, 1.165) is 25.0 Å². The van der Waals surface area contributed by atoms with Gasteiger partial charge in [-0.1, -0.05) is 18.2 Å². The Bertz CT molecular complexity index is 1120. The monoisotopic (exact) mass is 423 g/mol. The average Bonchev–Trinajstić information content (AvgIpc) is 3.32. The molecule has 1 saturated heterocycles. The van der Waals surface area contributed by atoms with Crippen LogP contribution in [0.1, 0.15) is 18.4 Å². The highest BCUT2D eigenvalue weighted by Gasteiger charge is 2.17. The van der Waals surface area contributed by atoms with Crippen LogP contribution in [0.3, 0.4) is 0 Å². The van der Waals surface area contributed by atoms with E-state index in [4.69, 9.17) is 14.2 Å². The van der Waals surface area contributed by atoms with E-state index in [1.165, 1.54) is 10.9 Å². The highest BCUT2D eigenvalue weighted by atomic mass is 16.5. The summed E-state index contributed by atoms with van der Waals surface area (Å²) in [6.45, 7) is 1.47. The first kappa shape index (κ1) is 20.9. The van der Waals surface area contributed by atoms with E-state index in [9.17, 15) is 9.59 Å². The Morgan fingerprint density at radius 3 is 2.94 bits per heavy atom.